The molecule has 0 aliphatic carbocycles. The normalized spacial score (nSPS) is 13.0. The summed E-state index contributed by atoms with van der Waals surface area (Å²) in [6, 6.07) is 11.7. The lowest BCUT2D eigenvalue weighted by atomic mass is 9.96. The summed E-state index contributed by atoms with van der Waals surface area (Å²) in [5.74, 6) is 0.438. The average molecular weight is 395 g/mol. The van der Waals surface area contributed by atoms with Crippen molar-refractivity contribution in [2.45, 2.75) is 91.0 Å². The summed E-state index contributed by atoms with van der Waals surface area (Å²) in [6.07, 6.45) is 8.88. The minimum Gasteiger partial charge on any atom is -0.373 e. The molecular formula is C23H42O3Si. The van der Waals surface area contributed by atoms with Gasteiger partial charge in [-0.15, -0.1) is 0 Å². The second-order valence-electron chi connectivity index (χ2n) is 7.39. The van der Waals surface area contributed by atoms with Crippen LogP contribution in [0.5, 0.6) is 0 Å². The van der Waals surface area contributed by atoms with Crippen LogP contribution in [0.25, 0.3) is 0 Å². The van der Waals surface area contributed by atoms with Gasteiger partial charge in [-0.1, -0.05) is 83.7 Å². The van der Waals surface area contributed by atoms with Crippen LogP contribution < -0.4 is 0 Å². The standard InChI is InChI=1S/C23H42O3Si/c1-5-9-18-24-27(25-19-10-6-2,26-20-11-7-3)21-23(15-8-4)22-16-13-12-14-17-22/h12-14,16-17,23H,5-11,15,18-21H2,1-4H3. The lowest BCUT2D eigenvalue weighted by Gasteiger charge is -2.33. The Kier molecular flexibility index (Phi) is 13.8. The fourth-order valence-corrected chi connectivity index (χ4v) is 6.19. The molecule has 0 aliphatic heterocycles. The predicted molar refractivity (Wildman–Crippen MR) is 117 cm³/mol. The summed E-state index contributed by atoms with van der Waals surface area (Å²) in [6.45, 7) is 11.1. The van der Waals surface area contributed by atoms with Gasteiger partial charge in [-0.05, 0) is 37.2 Å². The zero-order valence-corrected chi connectivity index (χ0v) is 19.2. The minimum absolute atomic E-state index is 0.438. The van der Waals surface area contributed by atoms with Gasteiger partial charge >= 0.3 is 8.80 Å². The molecular weight excluding hydrogens is 352 g/mol. The topological polar surface area (TPSA) is 27.7 Å². The van der Waals surface area contributed by atoms with Crippen LogP contribution in [0.3, 0.4) is 0 Å². The van der Waals surface area contributed by atoms with Crippen molar-refractivity contribution in [1.29, 1.82) is 0 Å². The van der Waals surface area contributed by atoms with E-state index in [4.69, 9.17) is 13.3 Å². The van der Waals surface area contributed by atoms with E-state index in [0.717, 1.165) is 77.2 Å². The zero-order valence-electron chi connectivity index (χ0n) is 18.2. The quantitative estimate of drug-likeness (QED) is 0.211. The summed E-state index contributed by atoms with van der Waals surface area (Å²) >= 11 is 0. The second-order valence-corrected chi connectivity index (χ2v) is 10.0. The van der Waals surface area contributed by atoms with Crippen molar-refractivity contribution < 1.29 is 13.3 Å². The molecule has 0 bridgehead atoms. The largest absolute Gasteiger partial charge is 0.501 e. The van der Waals surface area contributed by atoms with Crippen LogP contribution in [0.1, 0.15) is 90.5 Å². The van der Waals surface area contributed by atoms with E-state index in [0.29, 0.717) is 5.92 Å². The number of rotatable bonds is 17. The summed E-state index contributed by atoms with van der Waals surface area (Å²) < 4.78 is 19.4. The molecule has 4 heteroatoms. The van der Waals surface area contributed by atoms with E-state index in [-0.39, 0.29) is 0 Å². The average Bonchev–Trinajstić information content (AvgIpc) is 2.69. The van der Waals surface area contributed by atoms with Crippen molar-refractivity contribution in [3.63, 3.8) is 0 Å². The second kappa shape index (κ2) is 15.3. The number of unbranched alkanes of at least 4 members (excludes halogenated alkanes) is 3. The fraction of sp³-hybridized carbons (Fsp3) is 0.739. The Bertz CT molecular complexity index is 426. The lowest BCUT2D eigenvalue weighted by Crippen LogP contribution is -2.48. The van der Waals surface area contributed by atoms with Gasteiger partial charge in [0, 0.05) is 25.9 Å². The van der Waals surface area contributed by atoms with Gasteiger partial charge in [0.2, 0.25) is 0 Å². The first-order valence-corrected chi connectivity index (χ1v) is 13.1. The van der Waals surface area contributed by atoms with E-state index in [1.165, 1.54) is 5.56 Å². The molecule has 1 atom stereocenters. The fourth-order valence-electron chi connectivity index (χ4n) is 3.18. The van der Waals surface area contributed by atoms with Crippen molar-refractivity contribution in [3.05, 3.63) is 35.9 Å². The molecule has 0 fully saturated rings. The Labute approximate surface area is 169 Å². The Hall–Kier alpha value is -0.683. The molecule has 1 aromatic carbocycles. The molecule has 0 radical (unpaired) electrons. The monoisotopic (exact) mass is 394 g/mol. The molecule has 1 unspecified atom stereocenters. The number of hydrogen-bond acceptors (Lipinski definition) is 3. The van der Waals surface area contributed by atoms with Crippen LogP contribution in [0.15, 0.2) is 30.3 Å². The van der Waals surface area contributed by atoms with Crippen molar-refractivity contribution >= 4 is 8.80 Å². The highest BCUT2D eigenvalue weighted by molar-refractivity contribution is 6.60. The molecule has 0 heterocycles. The highest BCUT2D eigenvalue weighted by Gasteiger charge is 2.43. The Morgan fingerprint density at radius 3 is 1.59 bits per heavy atom. The highest BCUT2D eigenvalue weighted by atomic mass is 28.4. The van der Waals surface area contributed by atoms with Crippen LogP contribution in [0.4, 0.5) is 0 Å². The van der Waals surface area contributed by atoms with Gasteiger partial charge in [0.25, 0.3) is 0 Å². The number of benzene rings is 1. The van der Waals surface area contributed by atoms with Crippen LogP contribution in [0.2, 0.25) is 6.04 Å². The molecule has 1 rings (SSSR count). The van der Waals surface area contributed by atoms with E-state index in [1.54, 1.807) is 0 Å². The number of hydrogen-bond donors (Lipinski definition) is 0. The van der Waals surface area contributed by atoms with Gasteiger partial charge in [0.1, 0.15) is 0 Å². The maximum Gasteiger partial charge on any atom is 0.501 e. The minimum atomic E-state index is -2.69. The van der Waals surface area contributed by atoms with Crippen molar-refractivity contribution in [1.82, 2.24) is 0 Å². The molecule has 156 valence electrons. The summed E-state index contributed by atoms with van der Waals surface area (Å²) in [4.78, 5) is 0. The first-order valence-electron chi connectivity index (χ1n) is 11.2. The van der Waals surface area contributed by atoms with E-state index in [2.05, 4.69) is 58.0 Å². The van der Waals surface area contributed by atoms with Gasteiger partial charge in [-0.25, -0.2) is 0 Å². The first-order chi connectivity index (χ1) is 13.2. The molecule has 0 saturated heterocycles. The van der Waals surface area contributed by atoms with Crippen LogP contribution in [-0.4, -0.2) is 28.6 Å². The van der Waals surface area contributed by atoms with E-state index in [9.17, 15) is 0 Å². The SMILES string of the molecule is CCCCO[Si](CC(CCC)c1ccccc1)(OCCCC)OCCCC. The molecule has 27 heavy (non-hydrogen) atoms. The Morgan fingerprint density at radius 2 is 1.19 bits per heavy atom. The van der Waals surface area contributed by atoms with Gasteiger partial charge in [-0.3, -0.25) is 0 Å². The molecule has 0 aromatic heterocycles. The van der Waals surface area contributed by atoms with Crippen LogP contribution in [-0.2, 0) is 13.3 Å². The molecule has 0 aliphatic rings. The third kappa shape index (κ3) is 9.88. The molecule has 0 N–H and O–H groups in total. The molecule has 1 aromatic rings. The van der Waals surface area contributed by atoms with Gasteiger partial charge in [-0.2, -0.15) is 0 Å². The lowest BCUT2D eigenvalue weighted by molar-refractivity contribution is 0.0543. The first kappa shape index (κ1) is 24.4. The predicted octanol–water partition coefficient (Wildman–Crippen LogP) is 6.96. The van der Waals surface area contributed by atoms with Crippen molar-refractivity contribution in [2.24, 2.45) is 0 Å². The maximum atomic E-state index is 6.46. The third-order valence-electron chi connectivity index (χ3n) is 4.86. The molecule has 0 saturated carbocycles. The van der Waals surface area contributed by atoms with Gasteiger partial charge in [0.15, 0.2) is 0 Å². The third-order valence-corrected chi connectivity index (χ3v) is 7.79. The molecule has 3 nitrogen and oxygen atoms in total. The van der Waals surface area contributed by atoms with Crippen molar-refractivity contribution in [3.8, 4) is 0 Å². The van der Waals surface area contributed by atoms with E-state index < -0.39 is 8.80 Å². The van der Waals surface area contributed by atoms with Gasteiger partial charge < -0.3 is 13.3 Å². The smallest absolute Gasteiger partial charge is 0.373 e. The van der Waals surface area contributed by atoms with Crippen molar-refractivity contribution in [2.75, 3.05) is 19.8 Å². The summed E-state index contributed by atoms with van der Waals surface area (Å²) in [7, 11) is -2.69. The van der Waals surface area contributed by atoms with Crippen LogP contribution >= 0.6 is 0 Å². The Morgan fingerprint density at radius 1 is 0.704 bits per heavy atom. The van der Waals surface area contributed by atoms with Crippen LogP contribution in [0, 0.1) is 0 Å². The van der Waals surface area contributed by atoms with E-state index >= 15 is 0 Å². The molecule has 0 amide bonds. The molecule has 0 spiro atoms. The summed E-state index contributed by atoms with van der Waals surface area (Å²) in [5.41, 5.74) is 1.38. The van der Waals surface area contributed by atoms with E-state index in [1.807, 2.05) is 0 Å². The highest BCUT2D eigenvalue weighted by Crippen LogP contribution is 2.33. The zero-order chi connectivity index (χ0) is 19.8. The van der Waals surface area contributed by atoms with Gasteiger partial charge in [0.05, 0.1) is 0 Å². The summed E-state index contributed by atoms with van der Waals surface area (Å²) in [5, 5.41) is 0. The maximum absolute atomic E-state index is 6.46. The Balaban J connectivity index is 2.99.